The van der Waals surface area contributed by atoms with Crippen LogP contribution in [0, 0.1) is 0 Å². The van der Waals surface area contributed by atoms with Gasteiger partial charge in [-0.1, -0.05) is 28.1 Å². The maximum Gasteiger partial charge on any atom is 0.142 e. The summed E-state index contributed by atoms with van der Waals surface area (Å²) in [5.74, 6) is 1.71. The molecule has 1 heterocycles. The van der Waals surface area contributed by atoms with Gasteiger partial charge in [-0.25, -0.2) is 0 Å². The van der Waals surface area contributed by atoms with Crippen molar-refractivity contribution in [2.45, 2.75) is 25.4 Å². The summed E-state index contributed by atoms with van der Waals surface area (Å²) >= 11 is 3.50. The Morgan fingerprint density at radius 2 is 1.76 bits per heavy atom. The molecule has 0 spiro atoms. The number of piperidine rings is 1. The van der Waals surface area contributed by atoms with Crippen molar-refractivity contribution in [3.63, 3.8) is 0 Å². The summed E-state index contributed by atoms with van der Waals surface area (Å²) < 4.78 is 11.9. The molecule has 0 aliphatic carbocycles. The predicted molar refractivity (Wildman–Crippen MR) is 105 cm³/mol. The lowest BCUT2D eigenvalue weighted by molar-refractivity contribution is -0.918. The van der Waals surface area contributed by atoms with Crippen LogP contribution in [0.5, 0.6) is 11.5 Å². The van der Waals surface area contributed by atoms with Crippen molar-refractivity contribution in [3.05, 3.63) is 52.5 Å². The SMILES string of the molecule is COc1ccc(OC)c(NC2CC[NH+](Cc3ccc(Br)cc3)CC2)c1. The average molecular weight is 406 g/mol. The molecule has 0 bridgehead atoms. The van der Waals surface area contributed by atoms with Crippen LogP contribution < -0.4 is 19.7 Å². The highest BCUT2D eigenvalue weighted by Gasteiger charge is 2.23. The van der Waals surface area contributed by atoms with E-state index >= 15 is 0 Å². The maximum absolute atomic E-state index is 5.47. The molecular weight excluding hydrogens is 380 g/mol. The number of anilines is 1. The van der Waals surface area contributed by atoms with E-state index < -0.39 is 0 Å². The van der Waals surface area contributed by atoms with E-state index in [4.69, 9.17) is 9.47 Å². The quantitative estimate of drug-likeness (QED) is 0.774. The topological polar surface area (TPSA) is 34.9 Å². The lowest BCUT2D eigenvalue weighted by Crippen LogP contribution is -3.12. The minimum Gasteiger partial charge on any atom is -0.497 e. The molecule has 1 aliphatic heterocycles. The number of rotatable bonds is 6. The van der Waals surface area contributed by atoms with Crippen molar-refractivity contribution < 1.29 is 14.4 Å². The van der Waals surface area contributed by atoms with E-state index in [0.29, 0.717) is 6.04 Å². The highest BCUT2D eigenvalue weighted by molar-refractivity contribution is 9.10. The maximum atomic E-state index is 5.47. The van der Waals surface area contributed by atoms with Gasteiger partial charge in [-0.15, -0.1) is 0 Å². The predicted octanol–water partition coefficient (Wildman–Crippen LogP) is 3.13. The van der Waals surface area contributed by atoms with Crippen LogP contribution in [0.25, 0.3) is 0 Å². The summed E-state index contributed by atoms with van der Waals surface area (Å²) in [6.07, 6.45) is 2.32. The molecule has 0 aromatic heterocycles. The third-order valence-electron chi connectivity index (χ3n) is 4.83. The fourth-order valence-electron chi connectivity index (χ4n) is 3.38. The number of ether oxygens (including phenoxy) is 2. The van der Waals surface area contributed by atoms with E-state index in [-0.39, 0.29) is 0 Å². The van der Waals surface area contributed by atoms with Crippen LogP contribution in [0.4, 0.5) is 5.69 Å². The Hall–Kier alpha value is -1.72. The first kappa shape index (κ1) is 18.1. The first-order chi connectivity index (χ1) is 12.2. The van der Waals surface area contributed by atoms with Crippen molar-refractivity contribution in [3.8, 4) is 11.5 Å². The molecule has 25 heavy (non-hydrogen) atoms. The van der Waals surface area contributed by atoms with Gasteiger partial charge < -0.3 is 19.7 Å². The fourth-order valence-corrected chi connectivity index (χ4v) is 3.65. The monoisotopic (exact) mass is 405 g/mol. The van der Waals surface area contributed by atoms with E-state index in [1.807, 2.05) is 18.2 Å². The summed E-state index contributed by atoms with van der Waals surface area (Å²) in [4.78, 5) is 1.65. The Morgan fingerprint density at radius 1 is 1.04 bits per heavy atom. The number of nitrogens with one attached hydrogen (secondary N) is 2. The van der Waals surface area contributed by atoms with Crippen molar-refractivity contribution in [1.29, 1.82) is 0 Å². The van der Waals surface area contributed by atoms with Gasteiger partial charge in [-0.3, -0.25) is 0 Å². The highest BCUT2D eigenvalue weighted by Crippen LogP contribution is 2.30. The number of quaternary nitrogens is 1. The molecule has 0 unspecified atom stereocenters. The van der Waals surface area contributed by atoms with Gasteiger partial charge >= 0.3 is 0 Å². The molecule has 2 aromatic carbocycles. The molecule has 0 radical (unpaired) electrons. The normalized spacial score (nSPS) is 20.1. The zero-order valence-corrected chi connectivity index (χ0v) is 16.4. The lowest BCUT2D eigenvalue weighted by atomic mass is 10.0. The Balaban J connectivity index is 1.55. The van der Waals surface area contributed by atoms with Crippen LogP contribution in [0.2, 0.25) is 0 Å². The lowest BCUT2D eigenvalue weighted by Gasteiger charge is -2.30. The summed E-state index contributed by atoms with van der Waals surface area (Å²) in [7, 11) is 3.40. The van der Waals surface area contributed by atoms with E-state index in [9.17, 15) is 0 Å². The van der Waals surface area contributed by atoms with Crippen molar-refractivity contribution >= 4 is 21.6 Å². The van der Waals surface area contributed by atoms with Crippen LogP contribution in [-0.4, -0.2) is 33.4 Å². The van der Waals surface area contributed by atoms with E-state index in [1.54, 1.807) is 19.1 Å². The number of benzene rings is 2. The molecule has 1 saturated heterocycles. The number of methoxy groups -OCH3 is 2. The van der Waals surface area contributed by atoms with Gasteiger partial charge in [0.05, 0.1) is 33.0 Å². The van der Waals surface area contributed by atoms with Crippen LogP contribution in [0.3, 0.4) is 0 Å². The van der Waals surface area contributed by atoms with Gasteiger partial charge in [0.15, 0.2) is 0 Å². The molecule has 4 nitrogen and oxygen atoms in total. The Kier molecular flexibility index (Phi) is 6.21. The van der Waals surface area contributed by atoms with Crippen molar-refractivity contribution in [2.75, 3.05) is 32.6 Å². The summed E-state index contributed by atoms with van der Waals surface area (Å²) in [6, 6.07) is 15.0. The van der Waals surface area contributed by atoms with Gasteiger partial charge in [0.2, 0.25) is 0 Å². The van der Waals surface area contributed by atoms with Crippen molar-refractivity contribution in [2.24, 2.45) is 0 Å². The van der Waals surface area contributed by atoms with Gasteiger partial charge in [0.1, 0.15) is 18.0 Å². The number of hydrogen-bond acceptors (Lipinski definition) is 3. The van der Waals surface area contributed by atoms with Crippen molar-refractivity contribution in [1.82, 2.24) is 0 Å². The fraction of sp³-hybridized carbons (Fsp3) is 0.400. The molecule has 5 heteroatoms. The second-order valence-electron chi connectivity index (χ2n) is 6.54. The summed E-state index contributed by atoms with van der Waals surface area (Å²) in [6.45, 7) is 3.46. The third kappa shape index (κ3) is 4.89. The molecule has 2 N–H and O–H groups in total. The zero-order chi connectivity index (χ0) is 17.6. The minimum atomic E-state index is 0.481. The zero-order valence-electron chi connectivity index (χ0n) is 14.8. The summed E-state index contributed by atoms with van der Waals surface area (Å²) in [5, 5.41) is 3.64. The molecule has 1 fully saturated rings. The first-order valence-corrected chi connectivity index (χ1v) is 9.54. The second kappa shape index (κ2) is 8.59. The van der Waals surface area contributed by atoms with Gasteiger partial charge in [-0.05, 0) is 24.3 Å². The Bertz CT molecular complexity index is 683. The largest absolute Gasteiger partial charge is 0.497 e. The molecule has 0 saturated carbocycles. The molecular formula is C20H26BrN2O2+. The molecule has 0 atom stereocenters. The summed E-state index contributed by atoms with van der Waals surface area (Å²) in [5.41, 5.74) is 2.42. The third-order valence-corrected chi connectivity index (χ3v) is 5.36. The number of likely N-dealkylation sites (tertiary alicyclic amines) is 1. The van der Waals surface area contributed by atoms with Gasteiger partial charge in [0, 0.05) is 35.0 Å². The van der Waals surface area contributed by atoms with Crippen LogP contribution in [0.1, 0.15) is 18.4 Å². The Morgan fingerprint density at radius 3 is 2.40 bits per heavy atom. The first-order valence-electron chi connectivity index (χ1n) is 8.74. The molecule has 134 valence electrons. The average Bonchev–Trinajstić information content (AvgIpc) is 2.65. The minimum absolute atomic E-state index is 0.481. The van der Waals surface area contributed by atoms with Crippen LogP contribution in [0.15, 0.2) is 46.9 Å². The van der Waals surface area contributed by atoms with Crippen LogP contribution in [-0.2, 0) is 6.54 Å². The standard InChI is InChI=1S/C20H25BrN2O2/c1-24-18-7-8-20(25-2)19(13-18)22-17-9-11-23(12-10-17)14-15-3-5-16(21)6-4-15/h3-8,13,17,22H,9-12,14H2,1-2H3/p+1. The van der Waals surface area contributed by atoms with Crippen LogP contribution >= 0.6 is 15.9 Å². The highest BCUT2D eigenvalue weighted by atomic mass is 79.9. The number of halogens is 1. The van der Waals surface area contributed by atoms with E-state index in [0.717, 1.165) is 41.0 Å². The van der Waals surface area contributed by atoms with Gasteiger partial charge in [-0.2, -0.15) is 0 Å². The second-order valence-corrected chi connectivity index (χ2v) is 7.45. The Labute approximate surface area is 158 Å². The number of hydrogen-bond donors (Lipinski definition) is 2. The molecule has 3 rings (SSSR count). The molecule has 0 amide bonds. The molecule has 1 aliphatic rings. The van der Waals surface area contributed by atoms with Gasteiger partial charge in [0.25, 0.3) is 0 Å². The molecule has 2 aromatic rings. The smallest absolute Gasteiger partial charge is 0.142 e. The van der Waals surface area contributed by atoms with E-state index in [1.165, 1.54) is 18.7 Å². The van der Waals surface area contributed by atoms with E-state index in [2.05, 4.69) is 45.5 Å².